The van der Waals surface area contributed by atoms with Crippen molar-refractivity contribution in [1.29, 1.82) is 0 Å². The molecule has 0 amide bonds. The summed E-state index contributed by atoms with van der Waals surface area (Å²) in [5.41, 5.74) is -0.380. The third-order valence-electron chi connectivity index (χ3n) is 3.91. The maximum absolute atomic E-state index is 11.3. The Bertz CT molecular complexity index is 241. The molecular weight excluding hydrogens is 178 g/mol. The van der Waals surface area contributed by atoms with Crippen LogP contribution in [0.25, 0.3) is 0 Å². The van der Waals surface area contributed by atoms with Crippen LogP contribution in [0.2, 0.25) is 0 Å². The molecule has 1 N–H and O–H groups in total. The van der Waals surface area contributed by atoms with E-state index in [1.807, 2.05) is 0 Å². The fourth-order valence-electron chi connectivity index (χ4n) is 3.23. The minimum absolute atomic E-state index is 0.380. The number of carboxylic acid groups (broad SMARTS) is 1. The Balaban J connectivity index is 2.11. The van der Waals surface area contributed by atoms with E-state index in [4.69, 9.17) is 0 Å². The molecular formula is C11H19NO2. The number of carboxylic acids is 1. The van der Waals surface area contributed by atoms with Gasteiger partial charge in [-0.3, -0.25) is 4.79 Å². The van der Waals surface area contributed by atoms with Crippen molar-refractivity contribution < 1.29 is 9.90 Å². The first-order valence-corrected chi connectivity index (χ1v) is 5.65. The highest BCUT2D eigenvalue weighted by atomic mass is 16.4. The van der Waals surface area contributed by atoms with Gasteiger partial charge in [-0.2, -0.15) is 0 Å². The Labute approximate surface area is 85.1 Å². The molecule has 0 aromatic heterocycles. The Morgan fingerprint density at radius 1 is 1.64 bits per heavy atom. The van der Waals surface area contributed by atoms with Crippen molar-refractivity contribution in [3.8, 4) is 0 Å². The van der Waals surface area contributed by atoms with Gasteiger partial charge in [0, 0.05) is 13.1 Å². The molecule has 2 aliphatic rings. The summed E-state index contributed by atoms with van der Waals surface area (Å²) in [6.45, 7) is 5.02. The van der Waals surface area contributed by atoms with Crippen molar-refractivity contribution in [2.45, 2.75) is 32.6 Å². The summed E-state index contributed by atoms with van der Waals surface area (Å²) >= 11 is 0. The van der Waals surface area contributed by atoms with Crippen molar-refractivity contribution in [2.75, 3.05) is 19.6 Å². The lowest BCUT2D eigenvalue weighted by atomic mass is 9.81. The van der Waals surface area contributed by atoms with Crippen molar-refractivity contribution >= 4 is 5.97 Å². The van der Waals surface area contributed by atoms with Gasteiger partial charge in [-0.1, -0.05) is 13.3 Å². The summed E-state index contributed by atoms with van der Waals surface area (Å²) in [6.07, 6.45) is 4.25. The number of fused-ring (bicyclic) bond motifs is 1. The first-order chi connectivity index (χ1) is 6.69. The van der Waals surface area contributed by atoms with Gasteiger partial charge in [0.1, 0.15) is 0 Å². The molecule has 1 saturated heterocycles. The largest absolute Gasteiger partial charge is 0.481 e. The van der Waals surface area contributed by atoms with E-state index in [9.17, 15) is 9.90 Å². The lowest BCUT2D eigenvalue weighted by Crippen LogP contribution is -2.35. The van der Waals surface area contributed by atoms with Gasteiger partial charge in [0.25, 0.3) is 0 Å². The molecule has 0 bridgehead atoms. The van der Waals surface area contributed by atoms with Crippen LogP contribution in [0.1, 0.15) is 32.6 Å². The summed E-state index contributed by atoms with van der Waals surface area (Å²) in [4.78, 5) is 13.7. The molecule has 1 saturated carbocycles. The van der Waals surface area contributed by atoms with E-state index >= 15 is 0 Å². The van der Waals surface area contributed by atoms with E-state index in [1.54, 1.807) is 0 Å². The zero-order valence-electron chi connectivity index (χ0n) is 8.83. The quantitative estimate of drug-likeness (QED) is 0.746. The van der Waals surface area contributed by atoms with E-state index in [0.29, 0.717) is 5.92 Å². The van der Waals surface area contributed by atoms with Gasteiger partial charge in [-0.25, -0.2) is 0 Å². The predicted octanol–water partition coefficient (Wildman–Crippen LogP) is 1.58. The second-order valence-corrected chi connectivity index (χ2v) is 4.79. The maximum atomic E-state index is 11.3. The first kappa shape index (κ1) is 9.97. The Morgan fingerprint density at radius 3 is 3.00 bits per heavy atom. The third-order valence-corrected chi connectivity index (χ3v) is 3.91. The average molecular weight is 197 g/mol. The molecule has 0 aromatic rings. The molecule has 3 heteroatoms. The van der Waals surface area contributed by atoms with Gasteiger partial charge in [0.15, 0.2) is 0 Å². The summed E-state index contributed by atoms with van der Waals surface area (Å²) in [5, 5.41) is 9.33. The topological polar surface area (TPSA) is 40.5 Å². The SMILES string of the molecule is CCCN1C[C@@H]2CCC[C@]2(C(=O)O)C1. The van der Waals surface area contributed by atoms with Gasteiger partial charge in [0.2, 0.25) is 0 Å². The normalized spacial score (nSPS) is 37.4. The first-order valence-electron chi connectivity index (χ1n) is 5.65. The minimum Gasteiger partial charge on any atom is -0.481 e. The molecule has 2 fully saturated rings. The Morgan fingerprint density at radius 2 is 2.43 bits per heavy atom. The molecule has 2 rings (SSSR count). The Hall–Kier alpha value is -0.570. The van der Waals surface area contributed by atoms with Crippen molar-refractivity contribution in [1.82, 2.24) is 4.90 Å². The van der Waals surface area contributed by atoms with Gasteiger partial charge >= 0.3 is 5.97 Å². The fraction of sp³-hybridized carbons (Fsp3) is 0.909. The van der Waals surface area contributed by atoms with Crippen LogP contribution < -0.4 is 0 Å². The van der Waals surface area contributed by atoms with Crippen LogP contribution in [-0.2, 0) is 4.79 Å². The van der Waals surface area contributed by atoms with Crippen molar-refractivity contribution in [3.63, 3.8) is 0 Å². The molecule has 14 heavy (non-hydrogen) atoms. The van der Waals surface area contributed by atoms with Crippen LogP contribution in [0, 0.1) is 11.3 Å². The second kappa shape index (κ2) is 3.54. The number of nitrogens with zero attached hydrogens (tertiary/aromatic N) is 1. The number of likely N-dealkylation sites (tertiary alicyclic amines) is 1. The molecule has 0 aromatic carbocycles. The molecule has 1 heterocycles. The highest BCUT2D eigenvalue weighted by Crippen LogP contribution is 2.48. The lowest BCUT2D eigenvalue weighted by molar-refractivity contribution is -0.149. The summed E-state index contributed by atoms with van der Waals surface area (Å²) < 4.78 is 0. The van der Waals surface area contributed by atoms with Gasteiger partial charge in [0.05, 0.1) is 5.41 Å². The van der Waals surface area contributed by atoms with Crippen LogP contribution in [0.15, 0.2) is 0 Å². The number of hydrogen-bond donors (Lipinski definition) is 1. The van der Waals surface area contributed by atoms with Gasteiger partial charge < -0.3 is 10.0 Å². The summed E-state index contributed by atoms with van der Waals surface area (Å²) in [7, 11) is 0. The van der Waals surface area contributed by atoms with Crippen molar-refractivity contribution in [3.05, 3.63) is 0 Å². The van der Waals surface area contributed by atoms with Gasteiger partial charge in [-0.15, -0.1) is 0 Å². The van der Waals surface area contributed by atoms with E-state index in [1.165, 1.54) is 0 Å². The maximum Gasteiger partial charge on any atom is 0.311 e. The zero-order valence-corrected chi connectivity index (χ0v) is 8.83. The van der Waals surface area contributed by atoms with Crippen LogP contribution in [0.4, 0.5) is 0 Å². The van der Waals surface area contributed by atoms with E-state index in [0.717, 1.165) is 45.3 Å². The molecule has 0 spiro atoms. The molecule has 0 unspecified atom stereocenters. The molecule has 2 atom stereocenters. The molecule has 1 aliphatic heterocycles. The lowest BCUT2D eigenvalue weighted by Gasteiger charge is -2.23. The molecule has 3 nitrogen and oxygen atoms in total. The van der Waals surface area contributed by atoms with E-state index in [2.05, 4.69) is 11.8 Å². The Kier molecular flexibility index (Phi) is 2.52. The van der Waals surface area contributed by atoms with Crippen LogP contribution in [0.5, 0.6) is 0 Å². The average Bonchev–Trinajstić information content (AvgIpc) is 2.60. The van der Waals surface area contributed by atoms with E-state index < -0.39 is 5.97 Å². The highest BCUT2D eigenvalue weighted by Gasteiger charge is 2.54. The molecule has 1 aliphatic carbocycles. The summed E-state index contributed by atoms with van der Waals surface area (Å²) in [6, 6.07) is 0. The number of aliphatic carboxylic acids is 1. The van der Waals surface area contributed by atoms with Crippen LogP contribution >= 0.6 is 0 Å². The highest BCUT2D eigenvalue weighted by molar-refractivity contribution is 5.76. The smallest absolute Gasteiger partial charge is 0.311 e. The molecule has 80 valence electrons. The van der Waals surface area contributed by atoms with E-state index in [-0.39, 0.29) is 5.41 Å². The predicted molar refractivity (Wildman–Crippen MR) is 54.1 cm³/mol. The van der Waals surface area contributed by atoms with Crippen molar-refractivity contribution in [2.24, 2.45) is 11.3 Å². The zero-order chi connectivity index (χ0) is 10.2. The van der Waals surface area contributed by atoms with Crippen LogP contribution in [0.3, 0.4) is 0 Å². The minimum atomic E-state index is -0.557. The third kappa shape index (κ3) is 1.34. The second-order valence-electron chi connectivity index (χ2n) is 4.79. The monoisotopic (exact) mass is 197 g/mol. The fourth-order valence-corrected chi connectivity index (χ4v) is 3.23. The number of rotatable bonds is 3. The number of hydrogen-bond acceptors (Lipinski definition) is 2. The summed E-state index contributed by atoms with van der Waals surface area (Å²) in [5.74, 6) is -0.134. The standard InChI is InChI=1S/C11H19NO2/c1-2-6-12-7-9-4-3-5-11(9,8-12)10(13)14/h9H,2-8H2,1H3,(H,13,14)/t9-,11-/m0/s1. The van der Waals surface area contributed by atoms with Gasteiger partial charge in [-0.05, 0) is 31.7 Å². The molecule has 0 radical (unpaired) electrons. The van der Waals surface area contributed by atoms with Crippen LogP contribution in [-0.4, -0.2) is 35.6 Å². The number of carbonyl (C=O) groups is 1.